The Morgan fingerprint density at radius 2 is 1.83 bits per heavy atom. The summed E-state index contributed by atoms with van der Waals surface area (Å²) in [7, 11) is 0. The van der Waals surface area contributed by atoms with Crippen LogP contribution in [0.5, 0.6) is 0 Å². The van der Waals surface area contributed by atoms with Crippen LogP contribution in [0, 0.1) is 11.6 Å². The van der Waals surface area contributed by atoms with Crippen LogP contribution in [0.3, 0.4) is 0 Å². The van der Waals surface area contributed by atoms with E-state index in [-0.39, 0.29) is 0 Å². The summed E-state index contributed by atoms with van der Waals surface area (Å²) < 4.78 is 28.1. The molecule has 0 bridgehead atoms. The van der Waals surface area contributed by atoms with Gasteiger partial charge in [-0.25, -0.2) is 28.4 Å². The molecule has 24 heavy (non-hydrogen) atoms. The molecule has 3 heterocycles. The molecule has 0 saturated heterocycles. The minimum Gasteiger partial charge on any atom is -0.383 e. The lowest BCUT2D eigenvalue weighted by atomic mass is 10.1. The molecule has 4 rings (SSSR count). The second-order valence-corrected chi connectivity index (χ2v) is 5.07. The smallest absolute Gasteiger partial charge is 0.163 e. The number of rotatable bonds is 2. The van der Waals surface area contributed by atoms with Crippen molar-refractivity contribution in [1.29, 1.82) is 0 Å². The van der Waals surface area contributed by atoms with E-state index in [4.69, 9.17) is 5.73 Å². The lowest BCUT2D eigenvalue weighted by Gasteiger charge is -2.06. The number of aromatic nitrogens is 5. The monoisotopic (exact) mass is 324 g/mol. The summed E-state index contributed by atoms with van der Waals surface area (Å²) >= 11 is 0. The van der Waals surface area contributed by atoms with Gasteiger partial charge in [0.25, 0.3) is 0 Å². The molecule has 8 heteroatoms. The van der Waals surface area contributed by atoms with Crippen molar-refractivity contribution >= 4 is 16.9 Å². The Morgan fingerprint density at radius 1 is 0.958 bits per heavy atom. The van der Waals surface area contributed by atoms with Crippen LogP contribution in [0.25, 0.3) is 27.8 Å². The average molecular weight is 324 g/mol. The Labute approximate surface area is 134 Å². The number of nitrogen functional groups attached to an aromatic ring is 1. The van der Waals surface area contributed by atoms with Gasteiger partial charge in [-0.2, -0.15) is 5.10 Å². The Kier molecular flexibility index (Phi) is 3.16. The molecule has 2 N–H and O–H groups in total. The van der Waals surface area contributed by atoms with E-state index in [0.29, 0.717) is 28.1 Å². The van der Waals surface area contributed by atoms with E-state index < -0.39 is 11.6 Å². The molecule has 0 atom stereocenters. The molecule has 0 radical (unpaired) electrons. The number of anilines is 1. The number of benzene rings is 1. The summed E-state index contributed by atoms with van der Waals surface area (Å²) in [6.45, 7) is 0. The summed E-state index contributed by atoms with van der Waals surface area (Å²) in [6.07, 6.45) is 6.14. The third-order valence-corrected chi connectivity index (χ3v) is 3.65. The zero-order chi connectivity index (χ0) is 16.7. The highest BCUT2D eigenvalue weighted by Crippen LogP contribution is 2.30. The first-order chi connectivity index (χ1) is 11.6. The lowest BCUT2D eigenvalue weighted by Crippen LogP contribution is -1.99. The molecule has 0 amide bonds. The van der Waals surface area contributed by atoms with E-state index in [1.807, 2.05) is 0 Å². The van der Waals surface area contributed by atoms with Gasteiger partial charge in [-0.15, -0.1) is 0 Å². The summed E-state index contributed by atoms with van der Waals surface area (Å²) in [5.41, 5.74) is 8.17. The number of fused-ring (bicyclic) bond motifs is 1. The second-order valence-electron chi connectivity index (χ2n) is 5.07. The molecule has 0 spiro atoms. The lowest BCUT2D eigenvalue weighted by molar-refractivity contribution is 0.507. The Morgan fingerprint density at radius 3 is 2.62 bits per heavy atom. The molecule has 0 aliphatic heterocycles. The van der Waals surface area contributed by atoms with Crippen molar-refractivity contribution < 1.29 is 8.78 Å². The fourth-order valence-corrected chi connectivity index (χ4v) is 2.52. The highest BCUT2D eigenvalue weighted by Gasteiger charge is 2.14. The molecule has 3 aromatic heterocycles. The first-order valence-electron chi connectivity index (χ1n) is 6.99. The van der Waals surface area contributed by atoms with Crippen molar-refractivity contribution in [2.75, 3.05) is 5.73 Å². The SMILES string of the molecule is Nc1ncncc1-c1ccnc2c1cnn2-c1ccc(F)c(F)c1. The average Bonchev–Trinajstić information content (AvgIpc) is 3.02. The van der Waals surface area contributed by atoms with Crippen molar-refractivity contribution in [3.05, 3.63) is 60.8 Å². The summed E-state index contributed by atoms with van der Waals surface area (Å²) in [5.74, 6) is -1.54. The van der Waals surface area contributed by atoms with Gasteiger partial charge in [-0.1, -0.05) is 0 Å². The molecule has 6 nitrogen and oxygen atoms in total. The van der Waals surface area contributed by atoms with Crippen LogP contribution < -0.4 is 5.73 Å². The van der Waals surface area contributed by atoms with Gasteiger partial charge in [0.1, 0.15) is 12.1 Å². The quantitative estimate of drug-likeness (QED) is 0.613. The molecule has 0 aliphatic carbocycles. The van der Waals surface area contributed by atoms with Crippen LogP contribution in [0.1, 0.15) is 0 Å². The van der Waals surface area contributed by atoms with Gasteiger partial charge in [-0.05, 0) is 18.2 Å². The van der Waals surface area contributed by atoms with Gasteiger partial charge in [0.15, 0.2) is 17.3 Å². The van der Waals surface area contributed by atoms with Crippen LogP contribution >= 0.6 is 0 Å². The minimum absolute atomic E-state index is 0.332. The van der Waals surface area contributed by atoms with Crippen molar-refractivity contribution in [1.82, 2.24) is 24.7 Å². The molecule has 118 valence electrons. The van der Waals surface area contributed by atoms with E-state index >= 15 is 0 Å². The van der Waals surface area contributed by atoms with Crippen LogP contribution in [-0.2, 0) is 0 Å². The fourth-order valence-electron chi connectivity index (χ4n) is 2.52. The molecule has 1 aromatic carbocycles. The number of pyridine rings is 1. The van der Waals surface area contributed by atoms with Crippen LogP contribution in [0.2, 0.25) is 0 Å². The number of nitrogens with two attached hydrogens (primary N) is 1. The third-order valence-electron chi connectivity index (χ3n) is 3.65. The van der Waals surface area contributed by atoms with Crippen molar-refractivity contribution in [3.8, 4) is 16.8 Å². The largest absolute Gasteiger partial charge is 0.383 e. The fraction of sp³-hybridized carbons (Fsp3) is 0. The first-order valence-corrected chi connectivity index (χ1v) is 6.99. The predicted molar refractivity (Wildman–Crippen MR) is 84.2 cm³/mol. The summed E-state index contributed by atoms with van der Waals surface area (Å²) in [5, 5.41) is 4.93. The molecule has 0 fully saturated rings. The van der Waals surface area contributed by atoms with Gasteiger partial charge in [-0.3, -0.25) is 0 Å². The van der Waals surface area contributed by atoms with Gasteiger partial charge in [0.2, 0.25) is 0 Å². The zero-order valence-corrected chi connectivity index (χ0v) is 12.2. The van der Waals surface area contributed by atoms with E-state index in [0.717, 1.165) is 17.7 Å². The topological polar surface area (TPSA) is 82.5 Å². The molecule has 4 aromatic rings. The molecule has 0 unspecified atom stereocenters. The summed E-state index contributed by atoms with van der Waals surface area (Å²) in [4.78, 5) is 12.2. The Bertz CT molecular complexity index is 1060. The Balaban J connectivity index is 1.94. The number of nitrogens with zero attached hydrogens (tertiary/aromatic N) is 5. The highest BCUT2D eigenvalue weighted by molar-refractivity contribution is 5.95. The van der Waals surface area contributed by atoms with Crippen LogP contribution in [-0.4, -0.2) is 24.7 Å². The minimum atomic E-state index is -0.951. The maximum Gasteiger partial charge on any atom is 0.163 e. The maximum absolute atomic E-state index is 13.5. The van der Waals surface area contributed by atoms with Crippen LogP contribution in [0.4, 0.5) is 14.6 Å². The molecular weight excluding hydrogens is 314 g/mol. The van der Waals surface area contributed by atoms with Gasteiger partial charge in [0.05, 0.1) is 11.9 Å². The zero-order valence-electron chi connectivity index (χ0n) is 12.2. The van der Waals surface area contributed by atoms with Crippen molar-refractivity contribution in [2.45, 2.75) is 0 Å². The van der Waals surface area contributed by atoms with E-state index in [9.17, 15) is 8.78 Å². The van der Waals surface area contributed by atoms with Crippen molar-refractivity contribution in [3.63, 3.8) is 0 Å². The molecule has 0 saturated carbocycles. The standard InChI is InChI=1S/C16H10F2N6/c17-13-2-1-9(5-14(13)18)24-16-12(7-23-24)10(3-4-21-16)11-6-20-8-22-15(11)19/h1-8H,(H2,19,20,22). The Hall–Kier alpha value is -3.42. The summed E-state index contributed by atoms with van der Waals surface area (Å²) in [6, 6.07) is 5.31. The van der Waals surface area contributed by atoms with E-state index in [1.54, 1.807) is 24.7 Å². The third kappa shape index (κ3) is 2.16. The maximum atomic E-state index is 13.5. The molecule has 0 aliphatic rings. The van der Waals surface area contributed by atoms with E-state index in [2.05, 4.69) is 20.1 Å². The predicted octanol–water partition coefficient (Wildman–Crippen LogP) is 2.74. The normalized spacial score (nSPS) is 11.1. The van der Waals surface area contributed by atoms with Crippen LogP contribution in [0.15, 0.2) is 49.2 Å². The second kappa shape index (κ2) is 5.34. The van der Waals surface area contributed by atoms with Gasteiger partial charge >= 0.3 is 0 Å². The molecular formula is C16H10F2N6. The first kappa shape index (κ1) is 14.2. The van der Waals surface area contributed by atoms with Gasteiger partial charge in [0, 0.05) is 35.0 Å². The highest BCUT2D eigenvalue weighted by atomic mass is 19.2. The van der Waals surface area contributed by atoms with Crippen molar-refractivity contribution in [2.24, 2.45) is 0 Å². The van der Waals surface area contributed by atoms with E-state index in [1.165, 1.54) is 17.1 Å². The number of halogens is 2. The van der Waals surface area contributed by atoms with Gasteiger partial charge < -0.3 is 5.73 Å². The number of hydrogen-bond donors (Lipinski definition) is 1. The number of hydrogen-bond acceptors (Lipinski definition) is 5.